The minimum absolute atomic E-state index is 0.0980. The Hall–Kier alpha value is -1.03. The molecule has 0 bridgehead atoms. The van der Waals surface area contributed by atoms with Crippen molar-refractivity contribution in [2.45, 2.75) is 17.9 Å². The molecule has 0 fully saturated rings. The van der Waals surface area contributed by atoms with Gasteiger partial charge in [0.25, 0.3) is 0 Å². The predicted molar refractivity (Wildman–Crippen MR) is 85.2 cm³/mol. The van der Waals surface area contributed by atoms with Crippen LogP contribution in [0, 0.1) is 5.82 Å². The predicted octanol–water partition coefficient (Wildman–Crippen LogP) is 4.90. The van der Waals surface area contributed by atoms with Crippen LogP contribution in [-0.4, -0.2) is 12.8 Å². The monoisotopic (exact) mass is 309 g/mol. The average Bonchev–Trinajstić information content (AvgIpc) is 2.48. The largest absolute Gasteiger partial charge is 0.306 e. The van der Waals surface area contributed by atoms with Gasteiger partial charge in [0.15, 0.2) is 0 Å². The molecule has 1 nitrogen and oxygen atoms in total. The number of halogens is 2. The fourth-order valence-corrected chi connectivity index (χ4v) is 2.78. The zero-order chi connectivity index (χ0) is 14.5. The smallest absolute Gasteiger partial charge is 0.123 e. The van der Waals surface area contributed by atoms with Gasteiger partial charge < -0.3 is 5.32 Å². The van der Waals surface area contributed by atoms with Crippen molar-refractivity contribution in [2.24, 2.45) is 0 Å². The molecule has 106 valence electrons. The van der Waals surface area contributed by atoms with E-state index in [1.165, 1.54) is 17.0 Å². The third-order valence-corrected chi connectivity index (χ3v) is 4.21. The van der Waals surface area contributed by atoms with Crippen LogP contribution in [0.25, 0.3) is 0 Å². The van der Waals surface area contributed by atoms with E-state index in [9.17, 15) is 4.39 Å². The number of benzene rings is 2. The summed E-state index contributed by atoms with van der Waals surface area (Å²) in [6.45, 7) is 2.80. The van der Waals surface area contributed by atoms with Gasteiger partial charge in [0.1, 0.15) is 5.82 Å². The summed E-state index contributed by atoms with van der Waals surface area (Å²) < 4.78 is 13.5. The van der Waals surface area contributed by atoms with Crippen molar-refractivity contribution < 1.29 is 4.39 Å². The summed E-state index contributed by atoms with van der Waals surface area (Å²) in [7, 11) is 0. The van der Waals surface area contributed by atoms with E-state index in [2.05, 4.69) is 29.6 Å². The van der Waals surface area contributed by atoms with E-state index in [1.807, 2.05) is 13.2 Å². The lowest BCUT2D eigenvalue weighted by Crippen LogP contribution is -2.22. The molecule has 0 saturated heterocycles. The fourth-order valence-electron chi connectivity index (χ4n) is 2.14. The molecule has 4 heteroatoms. The second-order valence-electron chi connectivity index (χ2n) is 4.43. The Morgan fingerprint density at radius 3 is 2.50 bits per heavy atom. The summed E-state index contributed by atoms with van der Waals surface area (Å²) in [6, 6.07) is 12.6. The summed E-state index contributed by atoms with van der Waals surface area (Å²) in [5, 5.41) is 3.94. The van der Waals surface area contributed by atoms with Crippen LogP contribution in [0.5, 0.6) is 0 Å². The van der Waals surface area contributed by atoms with Crippen molar-refractivity contribution in [3.8, 4) is 0 Å². The van der Waals surface area contributed by atoms with Crippen molar-refractivity contribution in [1.82, 2.24) is 5.32 Å². The lowest BCUT2D eigenvalue weighted by Gasteiger charge is -2.20. The molecule has 0 amide bonds. The van der Waals surface area contributed by atoms with Crippen LogP contribution in [0.4, 0.5) is 4.39 Å². The van der Waals surface area contributed by atoms with Crippen molar-refractivity contribution in [3.05, 3.63) is 64.4 Å². The zero-order valence-corrected chi connectivity index (χ0v) is 13.1. The van der Waals surface area contributed by atoms with E-state index in [0.29, 0.717) is 5.02 Å². The number of rotatable bonds is 5. The van der Waals surface area contributed by atoms with Gasteiger partial charge in [-0.2, -0.15) is 0 Å². The molecule has 2 aromatic carbocycles. The van der Waals surface area contributed by atoms with Gasteiger partial charge in [0.05, 0.1) is 6.04 Å². The van der Waals surface area contributed by atoms with Gasteiger partial charge in [-0.1, -0.05) is 30.7 Å². The molecule has 0 aliphatic rings. The van der Waals surface area contributed by atoms with Crippen molar-refractivity contribution in [2.75, 3.05) is 12.8 Å². The molecule has 0 aliphatic heterocycles. The van der Waals surface area contributed by atoms with Crippen molar-refractivity contribution in [1.29, 1.82) is 0 Å². The molecular weight excluding hydrogens is 293 g/mol. The number of thioether (sulfide) groups is 1. The maximum atomic E-state index is 13.5. The lowest BCUT2D eigenvalue weighted by molar-refractivity contribution is 0.603. The molecule has 0 aliphatic carbocycles. The highest BCUT2D eigenvalue weighted by Crippen LogP contribution is 2.30. The first-order chi connectivity index (χ1) is 9.65. The first-order valence-corrected chi connectivity index (χ1v) is 8.08. The number of nitrogens with one attached hydrogen (secondary N) is 1. The van der Waals surface area contributed by atoms with E-state index in [0.717, 1.165) is 17.7 Å². The third-order valence-electron chi connectivity index (χ3n) is 3.13. The quantitative estimate of drug-likeness (QED) is 0.788. The SMILES string of the molecule is CCNC(c1ccc(SC)cc1)c1cc(F)ccc1Cl. The Kier molecular flexibility index (Phi) is 5.46. The summed E-state index contributed by atoms with van der Waals surface area (Å²) in [6.07, 6.45) is 2.04. The van der Waals surface area contributed by atoms with Crippen LogP contribution in [0.3, 0.4) is 0 Å². The van der Waals surface area contributed by atoms with E-state index < -0.39 is 0 Å². The molecule has 0 heterocycles. The van der Waals surface area contributed by atoms with E-state index in [1.54, 1.807) is 17.8 Å². The van der Waals surface area contributed by atoms with Gasteiger partial charge >= 0.3 is 0 Å². The molecular formula is C16H17ClFNS. The summed E-state index contributed by atoms with van der Waals surface area (Å²) in [5.41, 5.74) is 1.85. The van der Waals surface area contributed by atoms with Crippen LogP contribution < -0.4 is 5.32 Å². The molecule has 0 aromatic heterocycles. The molecule has 2 rings (SSSR count). The number of hydrogen-bond donors (Lipinski definition) is 1. The molecule has 0 saturated carbocycles. The highest BCUT2D eigenvalue weighted by molar-refractivity contribution is 7.98. The van der Waals surface area contributed by atoms with E-state index >= 15 is 0 Å². The maximum absolute atomic E-state index is 13.5. The first kappa shape index (κ1) is 15.4. The Morgan fingerprint density at radius 1 is 1.20 bits per heavy atom. The first-order valence-electron chi connectivity index (χ1n) is 6.48. The normalized spacial score (nSPS) is 12.4. The van der Waals surface area contributed by atoms with Crippen molar-refractivity contribution in [3.63, 3.8) is 0 Å². The minimum atomic E-state index is -0.270. The molecule has 0 spiro atoms. The second kappa shape index (κ2) is 7.11. The van der Waals surface area contributed by atoms with E-state index in [4.69, 9.17) is 11.6 Å². The summed E-state index contributed by atoms with van der Waals surface area (Å²) >= 11 is 7.92. The van der Waals surface area contributed by atoms with E-state index in [-0.39, 0.29) is 11.9 Å². The van der Waals surface area contributed by atoms with Gasteiger partial charge in [0.2, 0.25) is 0 Å². The molecule has 1 atom stereocenters. The Morgan fingerprint density at radius 2 is 1.90 bits per heavy atom. The van der Waals surface area contributed by atoms with Crippen LogP contribution in [-0.2, 0) is 0 Å². The summed E-state index contributed by atoms with van der Waals surface area (Å²) in [4.78, 5) is 1.20. The highest BCUT2D eigenvalue weighted by Gasteiger charge is 2.16. The van der Waals surface area contributed by atoms with Gasteiger partial charge in [-0.15, -0.1) is 11.8 Å². The lowest BCUT2D eigenvalue weighted by atomic mass is 9.98. The topological polar surface area (TPSA) is 12.0 Å². The molecule has 1 unspecified atom stereocenters. The average molecular weight is 310 g/mol. The van der Waals surface area contributed by atoms with Crippen LogP contribution >= 0.6 is 23.4 Å². The van der Waals surface area contributed by atoms with Gasteiger partial charge in [-0.3, -0.25) is 0 Å². The third kappa shape index (κ3) is 3.54. The van der Waals surface area contributed by atoms with Gasteiger partial charge in [-0.05, 0) is 54.3 Å². The molecule has 1 N–H and O–H groups in total. The van der Waals surface area contributed by atoms with Crippen LogP contribution in [0.1, 0.15) is 24.1 Å². The standard InChI is InChI=1S/C16H17ClFNS/c1-3-19-16(11-4-7-13(20-2)8-5-11)14-10-12(18)6-9-15(14)17/h4-10,16,19H,3H2,1-2H3. The highest BCUT2D eigenvalue weighted by atomic mass is 35.5. The Labute approximate surface area is 128 Å². The van der Waals surface area contributed by atoms with Crippen molar-refractivity contribution >= 4 is 23.4 Å². The number of hydrogen-bond acceptors (Lipinski definition) is 2. The summed E-state index contributed by atoms with van der Waals surface area (Å²) in [5.74, 6) is -0.270. The molecule has 20 heavy (non-hydrogen) atoms. The molecule has 2 aromatic rings. The Balaban J connectivity index is 2.41. The fraction of sp³-hybridized carbons (Fsp3) is 0.250. The van der Waals surface area contributed by atoms with Crippen LogP contribution in [0.2, 0.25) is 5.02 Å². The second-order valence-corrected chi connectivity index (χ2v) is 5.72. The molecule has 0 radical (unpaired) electrons. The van der Waals surface area contributed by atoms with Gasteiger partial charge in [-0.25, -0.2) is 4.39 Å². The maximum Gasteiger partial charge on any atom is 0.123 e. The van der Waals surface area contributed by atoms with Gasteiger partial charge in [0, 0.05) is 9.92 Å². The van der Waals surface area contributed by atoms with Crippen LogP contribution in [0.15, 0.2) is 47.4 Å². The zero-order valence-electron chi connectivity index (χ0n) is 11.5. The Bertz CT molecular complexity index is 571. The minimum Gasteiger partial charge on any atom is -0.306 e.